The van der Waals surface area contributed by atoms with Crippen LogP contribution in [0.5, 0.6) is 0 Å². The van der Waals surface area contributed by atoms with E-state index in [0.29, 0.717) is 5.56 Å². The van der Waals surface area contributed by atoms with E-state index >= 15 is 0 Å². The first-order chi connectivity index (χ1) is 6.72. The van der Waals surface area contributed by atoms with Crippen LogP contribution >= 0.6 is 0 Å². The molecule has 1 aromatic carbocycles. The quantitative estimate of drug-likeness (QED) is 0.446. The molecule has 0 atom stereocenters. The maximum absolute atomic E-state index is 11.3. The summed E-state index contributed by atoms with van der Waals surface area (Å²) in [5.74, 6) is -0.259. The molecule has 0 saturated heterocycles. The van der Waals surface area contributed by atoms with E-state index in [4.69, 9.17) is 5.53 Å². The van der Waals surface area contributed by atoms with E-state index < -0.39 is 0 Å². The van der Waals surface area contributed by atoms with Gasteiger partial charge in [0.05, 0.1) is 5.56 Å². The Hall–Kier alpha value is -1.99. The lowest BCUT2D eigenvalue weighted by Gasteiger charge is -2.05. The monoisotopic (exact) mass is 184 g/mol. The van der Waals surface area contributed by atoms with Crippen molar-refractivity contribution < 1.29 is 9.58 Å². The zero-order valence-corrected chi connectivity index (χ0v) is 7.69. The smallest absolute Gasteiger partial charge is 0.361 e. The Morgan fingerprint density at radius 3 is 2.79 bits per heavy atom. The predicted octanol–water partition coefficient (Wildman–Crippen LogP) is 1.61. The fraction of sp³-hybridized carbons (Fsp3) is 0.0909. The first kappa shape index (κ1) is 8.60. The van der Waals surface area contributed by atoms with Crippen molar-refractivity contribution in [3.8, 4) is 0 Å². The van der Waals surface area contributed by atoms with Gasteiger partial charge >= 0.3 is 5.71 Å². The number of hydrogen-bond donors (Lipinski definition) is 0. The summed E-state index contributed by atoms with van der Waals surface area (Å²) in [4.78, 5) is 14.3. The number of rotatable bonds is 0. The normalized spacial score (nSPS) is 13.8. The van der Waals surface area contributed by atoms with Gasteiger partial charge in [0.1, 0.15) is 0 Å². The fourth-order valence-corrected chi connectivity index (χ4v) is 1.50. The zero-order chi connectivity index (χ0) is 10.1. The molecule has 0 heterocycles. The summed E-state index contributed by atoms with van der Waals surface area (Å²) in [5.41, 5.74) is 11.5. The highest BCUT2D eigenvalue weighted by Gasteiger charge is 2.26. The molecule has 14 heavy (non-hydrogen) atoms. The highest BCUT2D eigenvalue weighted by atomic mass is 16.1. The fourth-order valence-electron chi connectivity index (χ4n) is 1.50. The molecule has 3 heteroatoms. The number of hydrogen-bond acceptors (Lipinski definition) is 1. The third-order valence-corrected chi connectivity index (χ3v) is 2.21. The van der Waals surface area contributed by atoms with Gasteiger partial charge in [0.15, 0.2) is 0 Å². The van der Waals surface area contributed by atoms with Crippen LogP contribution in [-0.4, -0.2) is 16.3 Å². The second-order valence-electron chi connectivity index (χ2n) is 3.24. The second-order valence-corrected chi connectivity index (χ2v) is 3.24. The Labute approximate surface area is 81.3 Å². The number of carbonyl (C=O) groups excluding carboxylic acids is 1. The molecule has 0 saturated carbocycles. The van der Waals surface area contributed by atoms with Crippen molar-refractivity contribution in [2.45, 2.75) is 6.92 Å². The van der Waals surface area contributed by atoms with Gasteiger partial charge < -0.3 is 5.53 Å². The second kappa shape index (κ2) is 3.05. The van der Waals surface area contributed by atoms with Gasteiger partial charge in [-0.1, -0.05) is 17.7 Å². The molecule has 1 aliphatic carbocycles. The molecule has 0 radical (unpaired) electrons. The van der Waals surface area contributed by atoms with Crippen molar-refractivity contribution in [3.05, 3.63) is 46.5 Å². The summed E-state index contributed by atoms with van der Waals surface area (Å²) in [7, 11) is 0. The van der Waals surface area contributed by atoms with E-state index in [9.17, 15) is 4.79 Å². The molecule has 2 rings (SSSR count). The number of nitrogens with zero attached hydrogens (tertiary/aromatic N) is 2. The Morgan fingerprint density at radius 1 is 1.29 bits per heavy atom. The van der Waals surface area contributed by atoms with Crippen molar-refractivity contribution in [2.24, 2.45) is 0 Å². The molecule has 0 aromatic heterocycles. The van der Waals surface area contributed by atoms with Crippen LogP contribution in [0.4, 0.5) is 0 Å². The van der Waals surface area contributed by atoms with Crippen LogP contribution in [0, 0.1) is 6.92 Å². The third-order valence-electron chi connectivity index (χ3n) is 2.21. The van der Waals surface area contributed by atoms with Crippen LogP contribution in [0.3, 0.4) is 0 Å². The highest BCUT2D eigenvalue weighted by molar-refractivity contribution is 6.50. The summed E-state index contributed by atoms with van der Waals surface area (Å²) in [5, 5.41) is 0. The summed E-state index contributed by atoms with van der Waals surface area (Å²) in [6.07, 6.45) is 3.14. The Kier molecular flexibility index (Phi) is 1.88. The SMILES string of the molecule is Cc1ccc2c(c1)C(=[N+]=[N-])C(=O)C=C2. The molecule has 1 aromatic rings. The maximum atomic E-state index is 11.3. The molecule has 3 nitrogen and oxygen atoms in total. The first-order valence-corrected chi connectivity index (χ1v) is 4.28. The summed E-state index contributed by atoms with van der Waals surface area (Å²) < 4.78 is 0. The lowest BCUT2D eigenvalue weighted by Crippen LogP contribution is -2.18. The van der Waals surface area contributed by atoms with Crippen molar-refractivity contribution >= 4 is 17.6 Å². The molecule has 0 unspecified atom stereocenters. The van der Waals surface area contributed by atoms with Crippen LogP contribution in [0.15, 0.2) is 24.3 Å². The molecule has 68 valence electrons. The molecular formula is C11H8N2O. The van der Waals surface area contributed by atoms with Crippen molar-refractivity contribution in [2.75, 3.05) is 0 Å². The number of aryl methyl sites for hydroxylation is 1. The number of ketones is 1. The first-order valence-electron chi connectivity index (χ1n) is 4.28. The van der Waals surface area contributed by atoms with E-state index in [1.807, 2.05) is 25.1 Å². The van der Waals surface area contributed by atoms with Crippen LogP contribution in [0.2, 0.25) is 0 Å². The van der Waals surface area contributed by atoms with Gasteiger partial charge in [0, 0.05) is 0 Å². The van der Waals surface area contributed by atoms with E-state index in [1.165, 1.54) is 6.08 Å². The number of fused-ring (bicyclic) bond motifs is 1. The van der Waals surface area contributed by atoms with Crippen LogP contribution in [0.1, 0.15) is 16.7 Å². The largest absolute Gasteiger partial charge is 0.369 e. The Morgan fingerprint density at radius 2 is 2.07 bits per heavy atom. The van der Waals surface area contributed by atoms with Crippen molar-refractivity contribution in [3.63, 3.8) is 0 Å². The van der Waals surface area contributed by atoms with Crippen LogP contribution in [-0.2, 0) is 4.79 Å². The molecule has 0 N–H and O–H groups in total. The summed E-state index contributed by atoms with van der Waals surface area (Å²) >= 11 is 0. The van der Waals surface area contributed by atoms with Gasteiger partial charge in [-0.15, -0.1) is 0 Å². The van der Waals surface area contributed by atoms with Gasteiger partial charge in [0.2, 0.25) is 0 Å². The minimum Gasteiger partial charge on any atom is -0.361 e. The number of allylic oxidation sites excluding steroid dienone is 1. The Balaban J connectivity index is 2.75. The standard InChI is InChI=1S/C11H8N2O/c1-7-2-3-8-4-5-10(14)11(13-12)9(8)6-7/h2-6H,1H3. The number of benzene rings is 1. The molecule has 0 fully saturated rings. The average Bonchev–Trinajstić information content (AvgIpc) is 2.17. The zero-order valence-electron chi connectivity index (χ0n) is 7.69. The molecule has 0 spiro atoms. The molecule has 0 bridgehead atoms. The molecule has 0 amide bonds. The summed E-state index contributed by atoms with van der Waals surface area (Å²) in [6, 6.07) is 5.69. The lowest BCUT2D eigenvalue weighted by atomic mass is 9.93. The van der Waals surface area contributed by atoms with E-state index in [1.54, 1.807) is 6.08 Å². The Bertz CT molecular complexity index is 494. The van der Waals surface area contributed by atoms with E-state index in [2.05, 4.69) is 4.79 Å². The van der Waals surface area contributed by atoms with E-state index in [0.717, 1.165) is 11.1 Å². The number of carbonyl (C=O) groups is 1. The molecular weight excluding hydrogens is 176 g/mol. The van der Waals surface area contributed by atoms with E-state index in [-0.39, 0.29) is 11.5 Å². The van der Waals surface area contributed by atoms with Crippen LogP contribution in [0.25, 0.3) is 11.6 Å². The minimum absolute atomic E-state index is 0.117. The highest BCUT2D eigenvalue weighted by Crippen LogP contribution is 2.18. The van der Waals surface area contributed by atoms with Gasteiger partial charge in [-0.3, -0.25) is 4.79 Å². The van der Waals surface area contributed by atoms with Gasteiger partial charge in [0.25, 0.3) is 5.78 Å². The topological polar surface area (TPSA) is 53.5 Å². The minimum atomic E-state index is -0.259. The predicted molar refractivity (Wildman–Crippen MR) is 52.9 cm³/mol. The summed E-state index contributed by atoms with van der Waals surface area (Å²) in [6.45, 7) is 1.93. The molecule has 1 aliphatic rings. The lowest BCUT2D eigenvalue weighted by molar-refractivity contribution is -0.112. The van der Waals surface area contributed by atoms with Gasteiger partial charge in [-0.2, -0.15) is 4.79 Å². The maximum Gasteiger partial charge on any atom is 0.369 e. The van der Waals surface area contributed by atoms with Gasteiger partial charge in [-0.25, -0.2) is 0 Å². The van der Waals surface area contributed by atoms with Crippen molar-refractivity contribution in [1.82, 2.24) is 0 Å². The third kappa shape index (κ3) is 1.20. The molecule has 0 aliphatic heterocycles. The van der Waals surface area contributed by atoms with Gasteiger partial charge in [-0.05, 0) is 30.7 Å². The van der Waals surface area contributed by atoms with Crippen molar-refractivity contribution in [1.29, 1.82) is 0 Å². The average molecular weight is 184 g/mol. The van der Waals surface area contributed by atoms with Crippen LogP contribution < -0.4 is 0 Å².